The Kier molecular flexibility index (Phi) is 8.84. The quantitative estimate of drug-likeness (QED) is 0.160. The number of hydrogen-bond acceptors (Lipinski definition) is 4. The highest BCUT2D eigenvalue weighted by Crippen LogP contribution is 2.54. The number of aromatic nitrogens is 4. The third-order valence-electron chi connectivity index (χ3n) is 14.6. The molecule has 0 saturated carbocycles. The van der Waals surface area contributed by atoms with E-state index in [9.17, 15) is 0 Å². The number of ether oxygens (including phenoxy) is 1. The topological polar surface area (TPSA) is 52.8 Å². The second-order valence-corrected chi connectivity index (χ2v) is 19.3. The molecule has 0 spiro atoms. The second kappa shape index (κ2) is 15.1. The number of benzene rings is 9. The zero-order valence-electron chi connectivity index (χ0n) is 38.3. The fourth-order valence-corrected chi connectivity index (χ4v) is 11.0. The highest BCUT2D eigenvalue weighted by molar-refractivity contribution is 6.13. The van der Waals surface area contributed by atoms with Gasteiger partial charge in [0.05, 0.1) is 11.0 Å². The lowest BCUT2D eigenvalue weighted by Crippen LogP contribution is -2.15. The van der Waals surface area contributed by atoms with Gasteiger partial charge >= 0.3 is 6.01 Å². The summed E-state index contributed by atoms with van der Waals surface area (Å²) in [6, 6.07) is 73.7. The van der Waals surface area contributed by atoms with Gasteiger partial charge in [-0.3, -0.25) is 0 Å². The van der Waals surface area contributed by atoms with E-state index in [1.807, 2.05) is 24.3 Å². The summed E-state index contributed by atoms with van der Waals surface area (Å²) in [5.74, 6) is 1.70. The van der Waals surface area contributed by atoms with Gasteiger partial charge in [0, 0.05) is 38.4 Å². The Morgan fingerprint density at radius 3 is 1.21 bits per heavy atom. The van der Waals surface area contributed by atoms with Crippen molar-refractivity contribution in [3.8, 4) is 84.7 Å². The number of rotatable bonds is 7. The van der Waals surface area contributed by atoms with Crippen LogP contribution in [-0.2, 0) is 10.8 Å². The monoisotopic (exact) mass is 874 g/mol. The predicted molar refractivity (Wildman–Crippen MR) is 278 cm³/mol. The van der Waals surface area contributed by atoms with E-state index < -0.39 is 0 Å². The van der Waals surface area contributed by atoms with Gasteiger partial charge in [-0.05, 0) is 115 Å². The zero-order chi connectivity index (χ0) is 45.7. The molecule has 0 bridgehead atoms. The van der Waals surface area contributed by atoms with Crippen molar-refractivity contribution < 1.29 is 4.74 Å². The van der Waals surface area contributed by atoms with E-state index in [4.69, 9.17) is 19.7 Å². The van der Waals surface area contributed by atoms with Crippen LogP contribution in [0.15, 0.2) is 206 Å². The molecule has 0 atom stereocenters. The summed E-state index contributed by atoms with van der Waals surface area (Å²) in [6.07, 6.45) is 0. The van der Waals surface area contributed by atoms with Gasteiger partial charge < -0.3 is 9.30 Å². The molecular formula is C63H46N4O. The van der Waals surface area contributed by atoms with Gasteiger partial charge in [0.1, 0.15) is 5.75 Å². The first-order valence-corrected chi connectivity index (χ1v) is 23.4. The van der Waals surface area contributed by atoms with Crippen LogP contribution in [-0.4, -0.2) is 19.5 Å². The summed E-state index contributed by atoms with van der Waals surface area (Å²) in [7, 11) is 0. The number of fused-ring (bicyclic) bond motifs is 9. The van der Waals surface area contributed by atoms with E-state index in [1.165, 1.54) is 66.3 Å². The summed E-state index contributed by atoms with van der Waals surface area (Å²) in [6.45, 7) is 9.42. The van der Waals surface area contributed by atoms with Gasteiger partial charge in [-0.15, -0.1) is 0 Å². The van der Waals surface area contributed by atoms with Crippen molar-refractivity contribution >= 4 is 21.8 Å². The molecular weight excluding hydrogens is 829 g/mol. The first kappa shape index (κ1) is 39.9. The molecule has 0 fully saturated rings. The Hall–Kier alpha value is -8.41. The lowest BCUT2D eigenvalue weighted by molar-refractivity contribution is 0.441. The van der Waals surface area contributed by atoms with Crippen LogP contribution in [0.1, 0.15) is 49.9 Å². The molecule has 5 nitrogen and oxygen atoms in total. The Bertz CT molecular complexity index is 3550. The van der Waals surface area contributed by atoms with Crippen molar-refractivity contribution in [3.63, 3.8) is 0 Å². The average molecular weight is 875 g/mol. The van der Waals surface area contributed by atoms with Crippen LogP contribution >= 0.6 is 0 Å². The molecule has 11 aromatic rings. The van der Waals surface area contributed by atoms with Crippen LogP contribution in [0.5, 0.6) is 11.8 Å². The first-order chi connectivity index (χ1) is 33.2. The molecule has 2 aliphatic carbocycles. The molecule has 324 valence electrons. The van der Waals surface area contributed by atoms with E-state index >= 15 is 0 Å². The first-order valence-electron chi connectivity index (χ1n) is 23.4. The van der Waals surface area contributed by atoms with E-state index in [0.29, 0.717) is 17.4 Å². The maximum absolute atomic E-state index is 6.61. The summed E-state index contributed by atoms with van der Waals surface area (Å²) in [4.78, 5) is 14.9. The third kappa shape index (κ3) is 6.26. The molecule has 0 radical (unpaired) electrons. The molecule has 9 aromatic carbocycles. The highest BCUT2D eigenvalue weighted by atomic mass is 16.5. The fourth-order valence-electron chi connectivity index (χ4n) is 11.0. The van der Waals surface area contributed by atoms with E-state index in [2.05, 4.69) is 214 Å². The summed E-state index contributed by atoms with van der Waals surface area (Å²) in [5.41, 5.74) is 20.1. The lowest BCUT2D eigenvalue weighted by Gasteiger charge is -2.22. The van der Waals surface area contributed by atoms with Crippen molar-refractivity contribution in [2.75, 3.05) is 0 Å². The van der Waals surface area contributed by atoms with Crippen LogP contribution in [0, 0.1) is 0 Å². The zero-order valence-corrected chi connectivity index (χ0v) is 38.3. The van der Waals surface area contributed by atoms with Crippen molar-refractivity contribution in [1.29, 1.82) is 0 Å². The molecule has 0 saturated heterocycles. The summed E-state index contributed by atoms with van der Waals surface area (Å²) >= 11 is 0. The summed E-state index contributed by atoms with van der Waals surface area (Å²) < 4.78 is 9.06. The largest absolute Gasteiger partial charge is 0.424 e. The Morgan fingerprint density at radius 2 is 0.750 bits per heavy atom. The van der Waals surface area contributed by atoms with Gasteiger partial charge in [-0.1, -0.05) is 185 Å². The minimum Gasteiger partial charge on any atom is -0.424 e. The molecule has 68 heavy (non-hydrogen) atoms. The van der Waals surface area contributed by atoms with Crippen LogP contribution in [0.3, 0.4) is 0 Å². The van der Waals surface area contributed by atoms with E-state index in [1.54, 1.807) is 0 Å². The van der Waals surface area contributed by atoms with Crippen LogP contribution < -0.4 is 4.74 Å². The second-order valence-electron chi connectivity index (χ2n) is 19.3. The maximum atomic E-state index is 6.61. The molecule has 0 aliphatic heterocycles. The number of hydrogen-bond donors (Lipinski definition) is 0. The van der Waals surface area contributed by atoms with Gasteiger partial charge in [-0.25, -0.2) is 4.98 Å². The van der Waals surface area contributed by atoms with Crippen LogP contribution in [0.25, 0.3) is 94.8 Å². The molecule has 2 heterocycles. The minimum atomic E-state index is -0.141. The van der Waals surface area contributed by atoms with E-state index in [0.717, 1.165) is 39.1 Å². The van der Waals surface area contributed by atoms with Gasteiger partial charge in [-0.2, -0.15) is 9.97 Å². The van der Waals surface area contributed by atoms with E-state index in [-0.39, 0.29) is 16.8 Å². The third-order valence-corrected chi connectivity index (χ3v) is 14.6. The average Bonchev–Trinajstić information content (AvgIpc) is 3.91. The predicted octanol–water partition coefficient (Wildman–Crippen LogP) is 16.0. The van der Waals surface area contributed by atoms with Gasteiger partial charge in [0.25, 0.3) is 0 Å². The minimum absolute atomic E-state index is 0.141. The molecule has 2 aromatic heterocycles. The summed E-state index contributed by atoms with van der Waals surface area (Å²) in [5, 5.41) is 2.49. The Labute approximate surface area is 396 Å². The molecule has 0 N–H and O–H groups in total. The standard InChI is InChI=1S/C63H46N4O/c1-62(2)53-21-13-11-19-47(53)49-35-51-52-36-50-48-20-12-14-22-54(48)63(3,4)56(50)38-58(52)67(57(51)37-55(49)62)45-31-33-46(34-32-45)68-61-65-59(43-27-23-41(24-28-43)39-15-7-5-8-16-39)64-60(66-61)44-29-25-42(26-30-44)40-17-9-6-10-18-40/h5-38H,1-4H3. The fraction of sp³-hybridized carbons (Fsp3) is 0.0952. The SMILES string of the molecule is CC1(C)c2ccccc2-c2cc3c4cc5c(cc4n(-c4ccc(Oc6nc(-c7ccc(-c8ccccc8)cc7)nc(-c7ccc(-c8ccccc8)cc7)n6)cc4)c3cc21)C(C)(C)c1ccccc1-5. The molecule has 0 amide bonds. The van der Waals surface area contributed by atoms with Crippen molar-refractivity contribution in [3.05, 3.63) is 229 Å². The van der Waals surface area contributed by atoms with Crippen LogP contribution in [0.2, 0.25) is 0 Å². The molecule has 2 aliphatic rings. The van der Waals surface area contributed by atoms with Crippen molar-refractivity contribution in [2.24, 2.45) is 0 Å². The smallest absolute Gasteiger partial charge is 0.326 e. The highest BCUT2D eigenvalue weighted by Gasteiger charge is 2.38. The van der Waals surface area contributed by atoms with Crippen LogP contribution in [0.4, 0.5) is 0 Å². The van der Waals surface area contributed by atoms with Crippen molar-refractivity contribution in [1.82, 2.24) is 19.5 Å². The maximum Gasteiger partial charge on any atom is 0.326 e. The Balaban J connectivity index is 0.917. The van der Waals surface area contributed by atoms with Crippen molar-refractivity contribution in [2.45, 2.75) is 38.5 Å². The number of nitrogens with zero attached hydrogens (tertiary/aromatic N) is 4. The van der Waals surface area contributed by atoms with Gasteiger partial charge in [0.2, 0.25) is 0 Å². The molecule has 13 rings (SSSR count). The lowest BCUT2D eigenvalue weighted by atomic mass is 9.82. The normalized spacial score (nSPS) is 13.8. The Morgan fingerprint density at radius 1 is 0.353 bits per heavy atom. The molecule has 5 heteroatoms. The molecule has 0 unspecified atom stereocenters. The van der Waals surface area contributed by atoms with Gasteiger partial charge in [0.15, 0.2) is 11.6 Å².